The molecule has 3 aromatic rings. The number of carbonyl (C=O) groups is 2. The van der Waals surface area contributed by atoms with Gasteiger partial charge in [-0.1, -0.05) is 55.0 Å². The van der Waals surface area contributed by atoms with E-state index >= 15 is 0 Å². The van der Waals surface area contributed by atoms with Crippen LogP contribution in [0.15, 0.2) is 54.6 Å². The molecule has 168 valence electrons. The summed E-state index contributed by atoms with van der Waals surface area (Å²) in [6.07, 6.45) is 2.52. The number of benzene rings is 2. The molecule has 2 amide bonds. The van der Waals surface area contributed by atoms with E-state index in [1.165, 1.54) is 11.3 Å². The summed E-state index contributed by atoms with van der Waals surface area (Å²) in [5, 5.41) is 15.2. The van der Waals surface area contributed by atoms with Gasteiger partial charge in [-0.15, -0.1) is 10.2 Å². The van der Waals surface area contributed by atoms with Gasteiger partial charge in [0.2, 0.25) is 16.9 Å². The van der Waals surface area contributed by atoms with Crippen LogP contribution in [-0.2, 0) is 16.0 Å². The minimum absolute atomic E-state index is 0.123. The number of unbranched alkanes of at least 4 members (excludes halogenated alkanes) is 1. The van der Waals surface area contributed by atoms with Crippen LogP contribution in [0.5, 0.6) is 0 Å². The maximum Gasteiger partial charge on any atom is 0.249 e. The molecule has 1 unspecified atom stereocenters. The van der Waals surface area contributed by atoms with Crippen molar-refractivity contribution in [1.29, 1.82) is 0 Å². The Hall–Kier alpha value is -3.26. The van der Waals surface area contributed by atoms with Crippen molar-refractivity contribution in [2.45, 2.75) is 38.6 Å². The van der Waals surface area contributed by atoms with Crippen molar-refractivity contribution in [2.75, 3.05) is 24.3 Å². The molecule has 0 aliphatic carbocycles. The van der Waals surface area contributed by atoms with Gasteiger partial charge in [-0.05, 0) is 36.2 Å². The molecule has 2 aromatic carbocycles. The molecule has 0 radical (unpaired) electrons. The number of rotatable bonds is 10. The third-order valence-corrected chi connectivity index (χ3v) is 5.87. The molecule has 0 aliphatic rings. The third-order valence-electron chi connectivity index (χ3n) is 4.98. The topological polar surface area (TPSA) is 87.2 Å². The number of aromatic nitrogens is 2. The van der Waals surface area contributed by atoms with Gasteiger partial charge in [-0.3, -0.25) is 14.9 Å². The number of anilines is 2. The van der Waals surface area contributed by atoms with Gasteiger partial charge in [-0.25, -0.2) is 0 Å². The highest BCUT2D eigenvalue weighted by atomic mass is 32.1. The van der Waals surface area contributed by atoms with Crippen LogP contribution in [0.2, 0.25) is 0 Å². The third kappa shape index (κ3) is 6.62. The Bertz CT molecular complexity index is 1020. The van der Waals surface area contributed by atoms with Gasteiger partial charge in [0.25, 0.3) is 0 Å². The lowest BCUT2D eigenvalue weighted by molar-refractivity contribution is -0.126. The van der Waals surface area contributed by atoms with Crippen molar-refractivity contribution in [3.05, 3.63) is 60.2 Å². The molecule has 0 fully saturated rings. The van der Waals surface area contributed by atoms with Crippen molar-refractivity contribution in [2.24, 2.45) is 0 Å². The smallest absolute Gasteiger partial charge is 0.249 e. The van der Waals surface area contributed by atoms with Crippen molar-refractivity contribution >= 4 is 34.0 Å². The summed E-state index contributed by atoms with van der Waals surface area (Å²) in [6.45, 7) is 2.03. The number of amides is 2. The Balaban J connectivity index is 1.70. The average molecular weight is 452 g/mol. The van der Waals surface area contributed by atoms with Crippen molar-refractivity contribution in [1.82, 2.24) is 15.5 Å². The summed E-state index contributed by atoms with van der Waals surface area (Å²) >= 11 is 1.30. The second-order valence-corrected chi connectivity index (χ2v) is 8.73. The zero-order valence-electron chi connectivity index (χ0n) is 18.7. The van der Waals surface area contributed by atoms with Crippen LogP contribution in [0.4, 0.5) is 10.8 Å². The Morgan fingerprint density at radius 2 is 1.75 bits per heavy atom. The van der Waals surface area contributed by atoms with Crippen LogP contribution in [0.25, 0.3) is 10.6 Å². The van der Waals surface area contributed by atoms with Crippen LogP contribution in [0.3, 0.4) is 0 Å². The SMILES string of the molecule is CCCCC(=O)NC(Cc1ccccc1)C(=O)Nc1nnc(-c2ccc(N(C)C)cc2)s1. The lowest BCUT2D eigenvalue weighted by atomic mass is 10.0. The lowest BCUT2D eigenvalue weighted by Crippen LogP contribution is -2.45. The first kappa shape index (κ1) is 23.4. The minimum Gasteiger partial charge on any atom is -0.378 e. The van der Waals surface area contributed by atoms with Crippen molar-refractivity contribution < 1.29 is 9.59 Å². The molecular formula is C24H29N5O2S. The average Bonchev–Trinajstić information content (AvgIpc) is 3.26. The first-order chi connectivity index (χ1) is 15.5. The van der Waals surface area contributed by atoms with Gasteiger partial charge in [0.1, 0.15) is 11.0 Å². The molecule has 1 atom stereocenters. The fourth-order valence-corrected chi connectivity index (χ4v) is 3.90. The molecule has 0 aliphatic heterocycles. The second kappa shape index (κ2) is 11.4. The molecule has 1 heterocycles. The summed E-state index contributed by atoms with van der Waals surface area (Å²) in [4.78, 5) is 27.3. The molecular weight excluding hydrogens is 422 g/mol. The van der Waals surface area contributed by atoms with Crippen LogP contribution >= 0.6 is 11.3 Å². The van der Waals surface area contributed by atoms with E-state index in [0.29, 0.717) is 18.0 Å². The highest BCUT2D eigenvalue weighted by molar-refractivity contribution is 7.18. The quantitative estimate of drug-likeness (QED) is 0.484. The molecule has 0 bridgehead atoms. The Labute approximate surface area is 192 Å². The van der Waals surface area contributed by atoms with E-state index in [1.807, 2.05) is 80.5 Å². The van der Waals surface area contributed by atoms with Gasteiger partial charge in [0, 0.05) is 38.2 Å². The summed E-state index contributed by atoms with van der Waals surface area (Å²) in [5.41, 5.74) is 3.00. The Morgan fingerprint density at radius 1 is 1.03 bits per heavy atom. The van der Waals surface area contributed by atoms with E-state index in [-0.39, 0.29) is 11.8 Å². The van der Waals surface area contributed by atoms with E-state index < -0.39 is 6.04 Å². The molecule has 0 saturated carbocycles. The maximum atomic E-state index is 13.0. The molecule has 0 spiro atoms. The largest absolute Gasteiger partial charge is 0.378 e. The summed E-state index contributed by atoms with van der Waals surface area (Å²) in [6, 6.07) is 16.9. The maximum absolute atomic E-state index is 13.0. The Morgan fingerprint density at radius 3 is 2.41 bits per heavy atom. The molecule has 3 rings (SSSR count). The first-order valence-corrected chi connectivity index (χ1v) is 11.5. The Kier molecular flexibility index (Phi) is 8.33. The standard InChI is InChI=1S/C24H29N5O2S/c1-4-5-11-21(30)25-20(16-17-9-7-6-8-10-17)22(31)26-24-28-27-23(32-24)18-12-14-19(15-13-18)29(2)3/h6-10,12-15,20H,4-5,11,16H2,1-3H3,(H,25,30)(H,26,28,31). The van der Waals surface area contributed by atoms with Gasteiger partial charge >= 0.3 is 0 Å². The highest BCUT2D eigenvalue weighted by Gasteiger charge is 2.22. The van der Waals surface area contributed by atoms with Gasteiger partial charge in [-0.2, -0.15) is 0 Å². The van der Waals surface area contributed by atoms with Crippen LogP contribution in [-0.4, -0.2) is 42.1 Å². The summed E-state index contributed by atoms with van der Waals surface area (Å²) in [7, 11) is 3.97. The fourth-order valence-electron chi connectivity index (χ4n) is 3.15. The number of carbonyl (C=O) groups excluding carboxylic acids is 2. The number of nitrogens with zero attached hydrogens (tertiary/aromatic N) is 3. The second-order valence-electron chi connectivity index (χ2n) is 7.76. The zero-order valence-corrected chi connectivity index (χ0v) is 19.5. The van der Waals surface area contributed by atoms with Crippen LogP contribution in [0.1, 0.15) is 31.7 Å². The normalized spacial score (nSPS) is 11.6. The monoisotopic (exact) mass is 451 g/mol. The van der Waals surface area contributed by atoms with E-state index in [2.05, 4.69) is 20.8 Å². The summed E-state index contributed by atoms with van der Waals surface area (Å²) in [5.74, 6) is -0.425. The molecule has 32 heavy (non-hydrogen) atoms. The number of hydrogen-bond acceptors (Lipinski definition) is 6. The lowest BCUT2D eigenvalue weighted by Gasteiger charge is -2.18. The molecule has 0 saturated heterocycles. The number of hydrogen-bond donors (Lipinski definition) is 2. The van der Waals surface area contributed by atoms with Gasteiger partial charge in [0.05, 0.1) is 0 Å². The molecule has 8 heteroatoms. The van der Waals surface area contributed by atoms with E-state index in [9.17, 15) is 9.59 Å². The molecule has 7 nitrogen and oxygen atoms in total. The predicted octanol–water partition coefficient (Wildman–Crippen LogP) is 4.13. The van der Waals surface area contributed by atoms with Crippen LogP contribution < -0.4 is 15.5 Å². The van der Waals surface area contributed by atoms with Crippen molar-refractivity contribution in [3.8, 4) is 10.6 Å². The molecule has 1 aromatic heterocycles. The van der Waals surface area contributed by atoms with Gasteiger partial charge < -0.3 is 10.2 Å². The van der Waals surface area contributed by atoms with Gasteiger partial charge in [0.15, 0.2) is 0 Å². The zero-order chi connectivity index (χ0) is 22.9. The first-order valence-electron chi connectivity index (χ1n) is 10.7. The molecule has 2 N–H and O–H groups in total. The van der Waals surface area contributed by atoms with E-state index in [4.69, 9.17) is 0 Å². The van der Waals surface area contributed by atoms with Crippen LogP contribution in [0, 0.1) is 0 Å². The summed E-state index contributed by atoms with van der Waals surface area (Å²) < 4.78 is 0. The fraction of sp³-hybridized carbons (Fsp3) is 0.333. The van der Waals surface area contributed by atoms with Crippen molar-refractivity contribution in [3.63, 3.8) is 0 Å². The minimum atomic E-state index is -0.687. The van der Waals surface area contributed by atoms with E-state index in [0.717, 1.165) is 34.7 Å². The highest BCUT2D eigenvalue weighted by Crippen LogP contribution is 2.28. The predicted molar refractivity (Wildman–Crippen MR) is 130 cm³/mol. The van der Waals surface area contributed by atoms with E-state index in [1.54, 1.807) is 0 Å². The number of nitrogens with one attached hydrogen (secondary N) is 2.